The Hall–Kier alpha value is -2.75. The van der Waals surface area contributed by atoms with E-state index < -0.39 is 4.92 Å². The van der Waals surface area contributed by atoms with Crippen LogP contribution in [-0.4, -0.2) is 10.7 Å². The van der Waals surface area contributed by atoms with Gasteiger partial charge in [-0.05, 0) is 43.4 Å². The van der Waals surface area contributed by atoms with Gasteiger partial charge in [0.25, 0.3) is 5.69 Å². The highest BCUT2D eigenvalue weighted by Crippen LogP contribution is 2.28. The van der Waals surface area contributed by atoms with Crippen molar-refractivity contribution in [1.29, 1.82) is 0 Å². The molecule has 0 spiro atoms. The number of hydrogen-bond acceptors (Lipinski definition) is 3. The van der Waals surface area contributed by atoms with Crippen LogP contribution in [0, 0.1) is 10.1 Å². The number of hydrogen-bond donors (Lipinski definition) is 0. The zero-order chi connectivity index (χ0) is 16.2. The number of rotatable bonds is 4. The molecule has 0 amide bonds. The van der Waals surface area contributed by atoms with Crippen molar-refractivity contribution in [2.75, 3.05) is 0 Å². The summed E-state index contributed by atoms with van der Waals surface area (Å²) < 4.78 is 0. The van der Waals surface area contributed by atoms with Gasteiger partial charge in [-0.15, -0.1) is 0 Å². The van der Waals surface area contributed by atoms with Crippen LogP contribution in [0.5, 0.6) is 0 Å². The average Bonchev–Trinajstić information content (AvgIpc) is 3.07. The van der Waals surface area contributed by atoms with Crippen LogP contribution in [0.15, 0.2) is 54.1 Å². The highest BCUT2D eigenvalue weighted by molar-refractivity contribution is 6.11. The van der Waals surface area contributed by atoms with Gasteiger partial charge in [-0.25, -0.2) is 0 Å². The number of nitrogens with zero attached hydrogens (tertiary/aromatic N) is 1. The first-order valence-corrected chi connectivity index (χ1v) is 7.73. The van der Waals surface area contributed by atoms with Crippen LogP contribution in [-0.2, 0) is 0 Å². The van der Waals surface area contributed by atoms with Crippen molar-refractivity contribution < 1.29 is 9.72 Å². The number of nitro benzene ring substituents is 1. The summed E-state index contributed by atoms with van der Waals surface area (Å²) in [5, 5.41) is 11.3. The molecule has 0 atom stereocenters. The fourth-order valence-electron chi connectivity index (χ4n) is 2.94. The first-order chi connectivity index (χ1) is 11.1. The number of carbonyl (C=O) groups is 1. The summed E-state index contributed by atoms with van der Waals surface area (Å²) in [5.74, 6) is -0.316. The quantitative estimate of drug-likeness (QED) is 0.464. The van der Waals surface area contributed by atoms with Gasteiger partial charge in [-0.3, -0.25) is 14.9 Å². The number of carbonyl (C=O) groups excluding carboxylic acids is 1. The van der Waals surface area contributed by atoms with Gasteiger partial charge in [0.15, 0.2) is 5.78 Å². The number of nitro groups is 1. The fraction of sp³-hybridized carbons (Fsp3) is 0.211. The molecule has 1 aliphatic rings. The Labute approximate surface area is 134 Å². The zero-order valence-electron chi connectivity index (χ0n) is 12.7. The number of ketones is 1. The molecule has 4 nitrogen and oxygen atoms in total. The highest BCUT2D eigenvalue weighted by Gasteiger charge is 2.21. The smallest absolute Gasteiger partial charge is 0.280 e. The SMILES string of the molecule is O=C(c1ccccc1)c1cc(C=C2CCCC2)ccc1[N+](=O)[O-]. The summed E-state index contributed by atoms with van der Waals surface area (Å²) in [6, 6.07) is 13.4. The number of benzene rings is 2. The molecule has 0 aromatic heterocycles. The summed E-state index contributed by atoms with van der Waals surface area (Å²) in [7, 11) is 0. The van der Waals surface area contributed by atoms with Gasteiger partial charge in [0, 0.05) is 11.6 Å². The molecule has 2 aromatic carbocycles. The molecule has 0 saturated heterocycles. The largest absolute Gasteiger partial charge is 0.288 e. The second-order valence-electron chi connectivity index (χ2n) is 5.74. The molecule has 1 aliphatic carbocycles. The molecule has 0 heterocycles. The van der Waals surface area contributed by atoms with Gasteiger partial charge in [0.2, 0.25) is 0 Å². The molecule has 23 heavy (non-hydrogen) atoms. The van der Waals surface area contributed by atoms with E-state index in [1.54, 1.807) is 36.4 Å². The summed E-state index contributed by atoms with van der Waals surface area (Å²) in [4.78, 5) is 23.4. The first kappa shape index (κ1) is 15.2. The van der Waals surface area contributed by atoms with E-state index in [-0.39, 0.29) is 17.0 Å². The van der Waals surface area contributed by atoms with E-state index in [1.807, 2.05) is 6.07 Å². The molecule has 3 rings (SSSR count). The Bertz CT molecular complexity index is 770. The van der Waals surface area contributed by atoms with E-state index in [4.69, 9.17) is 0 Å². The standard InChI is InChI=1S/C19H17NO3/c21-19(16-8-2-1-3-9-16)17-13-15(10-11-18(17)20(22)23)12-14-6-4-5-7-14/h1-3,8-13H,4-7H2. The van der Waals surface area contributed by atoms with Crippen LogP contribution in [0.25, 0.3) is 6.08 Å². The van der Waals surface area contributed by atoms with Crippen LogP contribution in [0.3, 0.4) is 0 Å². The molecule has 1 saturated carbocycles. The third-order valence-electron chi connectivity index (χ3n) is 4.11. The maximum absolute atomic E-state index is 12.6. The fourth-order valence-corrected chi connectivity index (χ4v) is 2.94. The highest BCUT2D eigenvalue weighted by atomic mass is 16.6. The lowest BCUT2D eigenvalue weighted by molar-refractivity contribution is -0.385. The monoisotopic (exact) mass is 307 g/mol. The Morgan fingerprint density at radius 3 is 2.39 bits per heavy atom. The molecule has 116 valence electrons. The lowest BCUT2D eigenvalue weighted by Gasteiger charge is -2.05. The predicted molar refractivity (Wildman–Crippen MR) is 89.4 cm³/mol. The van der Waals surface area contributed by atoms with Crippen LogP contribution in [0.1, 0.15) is 47.2 Å². The molecule has 1 fully saturated rings. The first-order valence-electron chi connectivity index (χ1n) is 7.73. The minimum atomic E-state index is -0.497. The Morgan fingerprint density at radius 1 is 1.04 bits per heavy atom. The lowest BCUT2D eigenvalue weighted by atomic mass is 9.98. The molecule has 0 unspecified atom stereocenters. The average molecular weight is 307 g/mol. The topological polar surface area (TPSA) is 60.2 Å². The Balaban J connectivity index is 2.03. The van der Waals surface area contributed by atoms with E-state index in [0.29, 0.717) is 5.56 Å². The zero-order valence-corrected chi connectivity index (χ0v) is 12.7. The van der Waals surface area contributed by atoms with Crippen molar-refractivity contribution in [3.63, 3.8) is 0 Å². The van der Waals surface area contributed by atoms with Crippen LogP contribution in [0.4, 0.5) is 5.69 Å². The van der Waals surface area contributed by atoms with Crippen molar-refractivity contribution >= 4 is 17.5 Å². The van der Waals surface area contributed by atoms with Gasteiger partial charge in [-0.2, -0.15) is 0 Å². The molecular weight excluding hydrogens is 290 g/mol. The molecule has 0 aliphatic heterocycles. The summed E-state index contributed by atoms with van der Waals surface area (Å²) in [6.45, 7) is 0. The van der Waals surface area contributed by atoms with Crippen LogP contribution in [0.2, 0.25) is 0 Å². The van der Waals surface area contributed by atoms with Crippen LogP contribution < -0.4 is 0 Å². The van der Waals surface area contributed by atoms with Gasteiger partial charge in [-0.1, -0.05) is 42.0 Å². The minimum Gasteiger partial charge on any atom is -0.288 e. The van der Waals surface area contributed by atoms with Gasteiger partial charge >= 0.3 is 0 Å². The van der Waals surface area contributed by atoms with E-state index in [9.17, 15) is 14.9 Å². The molecular formula is C19H17NO3. The van der Waals surface area contributed by atoms with Crippen molar-refractivity contribution in [2.24, 2.45) is 0 Å². The van der Waals surface area contributed by atoms with Crippen LogP contribution >= 0.6 is 0 Å². The molecule has 0 N–H and O–H groups in total. The van der Waals surface area contributed by atoms with Gasteiger partial charge in [0.05, 0.1) is 4.92 Å². The molecule has 0 bridgehead atoms. The molecule has 2 aromatic rings. The van der Waals surface area contributed by atoms with Crippen molar-refractivity contribution in [2.45, 2.75) is 25.7 Å². The van der Waals surface area contributed by atoms with Crippen molar-refractivity contribution in [3.8, 4) is 0 Å². The maximum atomic E-state index is 12.6. The second kappa shape index (κ2) is 6.57. The number of allylic oxidation sites excluding steroid dienone is 1. The minimum absolute atomic E-state index is 0.146. The van der Waals surface area contributed by atoms with E-state index in [1.165, 1.54) is 24.5 Å². The molecule has 4 heteroatoms. The van der Waals surface area contributed by atoms with Gasteiger partial charge < -0.3 is 0 Å². The predicted octanol–water partition coefficient (Wildman–Crippen LogP) is 4.78. The van der Waals surface area contributed by atoms with E-state index in [0.717, 1.165) is 18.4 Å². The lowest BCUT2D eigenvalue weighted by Crippen LogP contribution is -2.05. The third kappa shape index (κ3) is 3.37. The Kier molecular flexibility index (Phi) is 4.33. The summed E-state index contributed by atoms with van der Waals surface area (Å²) >= 11 is 0. The Morgan fingerprint density at radius 2 is 1.74 bits per heavy atom. The van der Waals surface area contributed by atoms with Crippen molar-refractivity contribution in [3.05, 3.63) is 80.9 Å². The molecule has 0 radical (unpaired) electrons. The second-order valence-corrected chi connectivity index (χ2v) is 5.74. The maximum Gasteiger partial charge on any atom is 0.280 e. The summed E-state index contributed by atoms with van der Waals surface area (Å²) in [5.41, 5.74) is 2.66. The summed E-state index contributed by atoms with van der Waals surface area (Å²) in [6.07, 6.45) is 6.57. The normalized spacial score (nSPS) is 13.8. The van der Waals surface area contributed by atoms with E-state index >= 15 is 0 Å². The van der Waals surface area contributed by atoms with E-state index in [2.05, 4.69) is 6.08 Å². The third-order valence-corrected chi connectivity index (χ3v) is 4.11. The van der Waals surface area contributed by atoms with Gasteiger partial charge in [0.1, 0.15) is 5.56 Å². The van der Waals surface area contributed by atoms with Crippen molar-refractivity contribution in [1.82, 2.24) is 0 Å².